The molecule has 96 valence electrons. The van der Waals surface area contributed by atoms with E-state index in [0.29, 0.717) is 6.42 Å². The molecule has 5 heteroatoms. The first-order valence-electron chi connectivity index (χ1n) is 5.42. The third-order valence-corrected chi connectivity index (χ3v) is 3.65. The molecule has 1 aromatic heterocycles. The van der Waals surface area contributed by atoms with Crippen LogP contribution in [-0.4, -0.2) is 0 Å². The van der Waals surface area contributed by atoms with E-state index in [2.05, 4.69) is 0 Å². The quantitative estimate of drug-likeness (QED) is 0.896. The van der Waals surface area contributed by atoms with E-state index in [4.69, 9.17) is 5.73 Å². The van der Waals surface area contributed by atoms with Gasteiger partial charge in [-0.3, -0.25) is 0 Å². The minimum absolute atomic E-state index is 0.165. The van der Waals surface area contributed by atoms with Crippen molar-refractivity contribution < 1.29 is 13.2 Å². The van der Waals surface area contributed by atoms with Gasteiger partial charge in [-0.15, -0.1) is 11.3 Å². The van der Waals surface area contributed by atoms with Gasteiger partial charge in [0, 0.05) is 10.9 Å². The standard InChI is InChI=1S/C13H12F3NS/c14-13(15,16)10-5-3-9(4-6-10)8-11(17)12-2-1-7-18-12/h1-7,11H,8,17H2. The Morgan fingerprint density at radius 3 is 2.28 bits per heavy atom. The van der Waals surface area contributed by atoms with E-state index in [1.54, 1.807) is 11.3 Å². The van der Waals surface area contributed by atoms with Gasteiger partial charge in [0.2, 0.25) is 0 Å². The van der Waals surface area contributed by atoms with Gasteiger partial charge in [-0.2, -0.15) is 13.2 Å². The highest BCUT2D eigenvalue weighted by Gasteiger charge is 2.29. The van der Waals surface area contributed by atoms with Crippen molar-refractivity contribution in [3.63, 3.8) is 0 Å². The van der Waals surface area contributed by atoms with E-state index in [1.807, 2.05) is 17.5 Å². The van der Waals surface area contributed by atoms with Crippen LogP contribution in [0.15, 0.2) is 41.8 Å². The van der Waals surface area contributed by atoms with Crippen molar-refractivity contribution in [2.75, 3.05) is 0 Å². The van der Waals surface area contributed by atoms with Crippen molar-refractivity contribution in [2.45, 2.75) is 18.6 Å². The van der Waals surface area contributed by atoms with E-state index >= 15 is 0 Å². The molecule has 0 saturated heterocycles. The minimum atomic E-state index is -4.28. The Morgan fingerprint density at radius 2 is 1.78 bits per heavy atom. The third-order valence-electron chi connectivity index (χ3n) is 2.65. The molecule has 1 nitrogen and oxygen atoms in total. The first-order valence-corrected chi connectivity index (χ1v) is 6.30. The second-order valence-electron chi connectivity index (χ2n) is 4.02. The zero-order valence-corrected chi connectivity index (χ0v) is 10.3. The average molecular weight is 271 g/mol. The van der Waals surface area contributed by atoms with Gasteiger partial charge in [-0.05, 0) is 35.6 Å². The molecule has 2 aromatic rings. The molecular weight excluding hydrogens is 259 g/mol. The Kier molecular flexibility index (Phi) is 3.73. The Balaban J connectivity index is 2.07. The van der Waals surface area contributed by atoms with Gasteiger partial charge < -0.3 is 5.73 Å². The van der Waals surface area contributed by atoms with Crippen LogP contribution < -0.4 is 5.73 Å². The molecule has 0 spiro atoms. The van der Waals surface area contributed by atoms with E-state index < -0.39 is 11.7 Å². The van der Waals surface area contributed by atoms with Crippen molar-refractivity contribution in [2.24, 2.45) is 5.73 Å². The zero-order chi connectivity index (χ0) is 13.2. The van der Waals surface area contributed by atoms with Crippen molar-refractivity contribution in [1.29, 1.82) is 0 Å². The molecule has 0 aliphatic carbocycles. The van der Waals surface area contributed by atoms with Gasteiger partial charge >= 0.3 is 6.18 Å². The minimum Gasteiger partial charge on any atom is -0.323 e. The molecule has 0 radical (unpaired) electrons. The number of hydrogen-bond donors (Lipinski definition) is 1. The van der Waals surface area contributed by atoms with Crippen LogP contribution in [0.4, 0.5) is 13.2 Å². The highest BCUT2D eigenvalue weighted by atomic mass is 32.1. The second-order valence-corrected chi connectivity index (χ2v) is 5.00. The number of nitrogens with two attached hydrogens (primary N) is 1. The van der Waals surface area contributed by atoms with Gasteiger partial charge in [0.1, 0.15) is 0 Å². The highest BCUT2D eigenvalue weighted by Crippen LogP contribution is 2.29. The van der Waals surface area contributed by atoms with Gasteiger partial charge in [-0.1, -0.05) is 18.2 Å². The molecule has 2 N–H and O–H groups in total. The lowest BCUT2D eigenvalue weighted by molar-refractivity contribution is -0.137. The smallest absolute Gasteiger partial charge is 0.323 e. The summed E-state index contributed by atoms with van der Waals surface area (Å²) in [5, 5.41) is 1.93. The van der Waals surface area contributed by atoms with Crippen LogP contribution in [0.1, 0.15) is 22.0 Å². The number of rotatable bonds is 3. The number of halogens is 3. The SMILES string of the molecule is NC(Cc1ccc(C(F)(F)F)cc1)c1cccs1. The van der Waals surface area contributed by atoms with Crippen LogP contribution in [0.25, 0.3) is 0 Å². The van der Waals surface area contributed by atoms with Crippen molar-refractivity contribution in [3.8, 4) is 0 Å². The number of thiophene rings is 1. The molecule has 0 fully saturated rings. The van der Waals surface area contributed by atoms with Crippen LogP contribution in [-0.2, 0) is 12.6 Å². The fraction of sp³-hybridized carbons (Fsp3) is 0.231. The van der Waals surface area contributed by atoms with Crippen LogP contribution >= 0.6 is 11.3 Å². The molecule has 0 saturated carbocycles. The van der Waals surface area contributed by atoms with E-state index in [-0.39, 0.29) is 6.04 Å². The molecule has 1 atom stereocenters. The fourth-order valence-electron chi connectivity index (χ4n) is 1.69. The summed E-state index contributed by atoms with van der Waals surface area (Å²) < 4.78 is 37.1. The Labute approximate surface area is 107 Å². The molecule has 18 heavy (non-hydrogen) atoms. The Morgan fingerprint density at radius 1 is 1.11 bits per heavy atom. The molecular formula is C13H12F3NS. The first kappa shape index (κ1) is 13.1. The van der Waals surface area contributed by atoms with Gasteiger partial charge in [0.15, 0.2) is 0 Å². The maximum atomic E-state index is 12.4. The summed E-state index contributed by atoms with van der Waals surface area (Å²) in [5.41, 5.74) is 6.16. The average Bonchev–Trinajstić information content (AvgIpc) is 2.82. The van der Waals surface area contributed by atoms with Gasteiger partial charge in [0.25, 0.3) is 0 Å². The first-order chi connectivity index (χ1) is 8.47. The summed E-state index contributed by atoms with van der Waals surface area (Å²) in [5.74, 6) is 0. The third kappa shape index (κ3) is 3.11. The summed E-state index contributed by atoms with van der Waals surface area (Å²) in [6.45, 7) is 0. The van der Waals surface area contributed by atoms with E-state index in [1.165, 1.54) is 12.1 Å². The largest absolute Gasteiger partial charge is 0.416 e. The van der Waals surface area contributed by atoms with E-state index in [0.717, 1.165) is 22.6 Å². The molecule has 1 unspecified atom stereocenters. The highest BCUT2D eigenvalue weighted by molar-refractivity contribution is 7.10. The summed E-state index contributed by atoms with van der Waals surface area (Å²) in [4.78, 5) is 1.04. The molecule has 0 bridgehead atoms. The number of hydrogen-bond acceptors (Lipinski definition) is 2. The zero-order valence-electron chi connectivity index (χ0n) is 9.45. The lowest BCUT2D eigenvalue weighted by Gasteiger charge is -2.11. The molecule has 0 aliphatic rings. The van der Waals surface area contributed by atoms with Crippen LogP contribution in [0.5, 0.6) is 0 Å². The van der Waals surface area contributed by atoms with Crippen LogP contribution in [0.2, 0.25) is 0 Å². The predicted octanol–water partition coefficient (Wildman–Crippen LogP) is 4.01. The number of benzene rings is 1. The van der Waals surface area contributed by atoms with E-state index in [9.17, 15) is 13.2 Å². The normalized spacial score (nSPS) is 13.6. The summed E-state index contributed by atoms with van der Waals surface area (Å²) in [7, 11) is 0. The summed E-state index contributed by atoms with van der Waals surface area (Å²) in [6, 6.07) is 8.83. The summed E-state index contributed by atoms with van der Waals surface area (Å²) in [6.07, 6.45) is -3.74. The Hall–Kier alpha value is -1.33. The van der Waals surface area contributed by atoms with Crippen LogP contribution in [0.3, 0.4) is 0 Å². The lowest BCUT2D eigenvalue weighted by atomic mass is 10.0. The van der Waals surface area contributed by atoms with Gasteiger partial charge in [0.05, 0.1) is 5.56 Å². The predicted molar refractivity (Wildman–Crippen MR) is 66.4 cm³/mol. The molecule has 1 aromatic carbocycles. The lowest BCUT2D eigenvalue weighted by Crippen LogP contribution is -2.12. The van der Waals surface area contributed by atoms with Crippen molar-refractivity contribution in [1.82, 2.24) is 0 Å². The monoisotopic (exact) mass is 271 g/mol. The topological polar surface area (TPSA) is 26.0 Å². The maximum absolute atomic E-state index is 12.4. The number of alkyl halides is 3. The molecule has 0 amide bonds. The van der Waals surface area contributed by atoms with Crippen molar-refractivity contribution in [3.05, 3.63) is 57.8 Å². The second kappa shape index (κ2) is 5.12. The molecule has 1 heterocycles. The fourth-order valence-corrected chi connectivity index (χ4v) is 2.42. The summed E-state index contributed by atoms with van der Waals surface area (Å²) >= 11 is 1.55. The van der Waals surface area contributed by atoms with Crippen molar-refractivity contribution >= 4 is 11.3 Å². The molecule has 0 aliphatic heterocycles. The maximum Gasteiger partial charge on any atom is 0.416 e. The van der Waals surface area contributed by atoms with Gasteiger partial charge in [-0.25, -0.2) is 0 Å². The van der Waals surface area contributed by atoms with Crippen LogP contribution in [0, 0.1) is 0 Å². The molecule has 2 rings (SSSR count). The Bertz CT molecular complexity index is 488.